The summed E-state index contributed by atoms with van der Waals surface area (Å²) in [4.78, 5) is 17.6. The van der Waals surface area contributed by atoms with Gasteiger partial charge in [0.15, 0.2) is 17.2 Å². The third kappa shape index (κ3) is 5.55. The van der Waals surface area contributed by atoms with E-state index in [-0.39, 0.29) is 18.3 Å². The van der Waals surface area contributed by atoms with Crippen molar-refractivity contribution in [1.29, 1.82) is 0 Å². The van der Waals surface area contributed by atoms with Gasteiger partial charge in [0.1, 0.15) is 5.69 Å². The molecule has 0 saturated carbocycles. The Hall–Kier alpha value is -1.88. The van der Waals surface area contributed by atoms with Crippen LogP contribution in [0.3, 0.4) is 0 Å². The van der Waals surface area contributed by atoms with E-state index >= 15 is 0 Å². The van der Waals surface area contributed by atoms with Crippen LogP contribution in [0.4, 0.5) is 0 Å². The molecule has 150 valence electrons. The van der Waals surface area contributed by atoms with Gasteiger partial charge >= 0.3 is 0 Å². The predicted octanol–water partition coefficient (Wildman–Crippen LogP) is 4.75. The van der Waals surface area contributed by atoms with Crippen LogP contribution in [-0.2, 0) is 0 Å². The lowest BCUT2D eigenvalue weighted by Crippen LogP contribution is -2.15. The van der Waals surface area contributed by atoms with Crippen molar-refractivity contribution in [3.8, 4) is 5.75 Å². The molecule has 2 aromatic heterocycles. The van der Waals surface area contributed by atoms with Crippen molar-refractivity contribution in [2.75, 3.05) is 13.2 Å². The van der Waals surface area contributed by atoms with Gasteiger partial charge in [0, 0.05) is 19.2 Å². The summed E-state index contributed by atoms with van der Waals surface area (Å²) in [6, 6.07) is 1.98. The smallest absolute Gasteiger partial charge is 0.181 e. The van der Waals surface area contributed by atoms with Gasteiger partial charge in [-0.15, -0.1) is 0 Å². The maximum atomic E-state index is 13.0. The fourth-order valence-electron chi connectivity index (χ4n) is 3.31. The molecule has 2 rings (SSSR count). The van der Waals surface area contributed by atoms with Gasteiger partial charge in [0.2, 0.25) is 0 Å². The van der Waals surface area contributed by atoms with E-state index < -0.39 is 0 Å². The van der Waals surface area contributed by atoms with E-state index in [2.05, 4.69) is 25.8 Å². The van der Waals surface area contributed by atoms with Crippen LogP contribution >= 0.6 is 0 Å². The van der Waals surface area contributed by atoms with E-state index in [0.29, 0.717) is 36.0 Å². The van der Waals surface area contributed by atoms with Crippen molar-refractivity contribution in [2.45, 2.75) is 66.7 Å². The number of aliphatic hydroxyl groups is 1. The van der Waals surface area contributed by atoms with Gasteiger partial charge in [0.05, 0.1) is 12.3 Å². The Morgan fingerprint density at radius 2 is 2.04 bits per heavy atom. The Labute approximate surface area is 162 Å². The number of Topliss-reactive ketones (excluding diaryl/α,β-unsaturated/α-hetero) is 1. The zero-order chi connectivity index (χ0) is 20.0. The van der Waals surface area contributed by atoms with Crippen molar-refractivity contribution >= 4 is 11.4 Å². The van der Waals surface area contributed by atoms with Crippen LogP contribution in [0.15, 0.2) is 12.3 Å². The molecule has 0 aliphatic carbocycles. The molecule has 0 spiro atoms. The second-order valence-electron chi connectivity index (χ2n) is 7.97. The number of aryl methyl sites for hydroxylation is 2. The third-order valence-electron chi connectivity index (χ3n) is 4.91. The molecule has 5 heteroatoms. The van der Waals surface area contributed by atoms with Crippen molar-refractivity contribution in [2.24, 2.45) is 11.8 Å². The quantitative estimate of drug-likeness (QED) is 0.577. The van der Waals surface area contributed by atoms with Crippen molar-refractivity contribution < 1.29 is 14.6 Å². The maximum absolute atomic E-state index is 13.0. The number of rotatable bonds is 11. The van der Waals surface area contributed by atoms with E-state index in [9.17, 15) is 9.90 Å². The highest BCUT2D eigenvalue weighted by Crippen LogP contribution is 2.26. The average Bonchev–Trinajstić information content (AvgIpc) is 2.94. The Bertz CT molecular complexity index is 764. The summed E-state index contributed by atoms with van der Waals surface area (Å²) >= 11 is 0. The number of fused-ring (bicyclic) bond motifs is 1. The summed E-state index contributed by atoms with van der Waals surface area (Å²) in [6.45, 7) is 11.0. The van der Waals surface area contributed by atoms with Gasteiger partial charge in [-0.3, -0.25) is 9.20 Å². The average molecular weight is 375 g/mol. The Kier molecular flexibility index (Phi) is 7.84. The lowest BCUT2D eigenvalue weighted by Gasteiger charge is -2.13. The highest BCUT2D eigenvalue weighted by molar-refractivity contribution is 5.97. The lowest BCUT2D eigenvalue weighted by atomic mass is 9.95. The molecule has 0 saturated heterocycles. The number of hydrogen-bond acceptors (Lipinski definition) is 4. The zero-order valence-corrected chi connectivity index (χ0v) is 17.4. The second-order valence-corrected chi connectivity index (χ2v) is 7.97. The minimum Gasteiger partial charge on any atom is -0.490 e. The first-order valence-corrected chi connectivity index (χ1v) is 10.1. The van der Waals surface area contributed by atoms with Crippen LogP contribution in [0.2, 0.25) is 0 Å². The second kappa shape index (κ2) is 9.88. The molecule has 0 unspecified atom stereocenters. The molecule has 1 atom stereocenters. The van der Waals surface area contributed by atoms with E-state index in [1.54, 1.807) is 0 Å². The maximum Gasteiger partial charge on any atom is 0.181 e. The fraction of sp³-hybridized carbons (Fsp3) is 0.636. The Morgan fingerprint density at radius 1 is 1.30 bits per heavy atom. The minimum absolute atomic E-state index is 0.00831. The van der Waals surface area contributed by atoms with Gasteiger partial charge in [-0.2, -0.15) is 0 Å². The molecular formula is C22H34N2O3. The highest BCUT2D eigenvalue weighted by atomic mass is 16.5. The standard InChI is InChI=1S/C22H34N2O3/c1-6-7-8-18(14-25)12-19(26)21-17(5)23-22-20(27-10-9-15(2)3)11-16(4)13-24(21)22/h11,13,15,18,25H,6-10,12,14H2,1-5H3/t18-/m0/s1. The largest absolute Gasteiger partial charge is 0.490 e. The lowest BCUT2D eigenvalue weighted by molar-refractivity contribution is 0.0923. The van der Waals surface area contributed by atoms with Crippen LogP contribution in [0.1, 0.15) is 74.6 Å². The molecule has 0 fully saturated rings. The van der Waals surface area contributed by atoms with E-state index in [1.807, 2.05) is 30.5 Å². The van der Waals surface area contributed by atoms with Gasteiger partial charge < -0.3 is 9.84 Å². The summed E-state index contributed by atoms with van der Waals surface area (Å²) in [5.74, 6) is 1.34. The first kappa shape index (κ1) is 21.4. The van der Waals surface area contributed by atoms with Crippen LogP contribution in [0.5, 0.6) is 5.75 Å². The van der Waals surface area contributed by atoms with Crippen molar-refractivity contribution in [1.82, 2.24) is 9.38 Å². The SMILES string of the molecule is CCCC[C@H](CO)CC(=O)c1c(C)nc2c(OCCC(C)C)cc(C)cn12. The molecule has 2 aromatic rings. The number of aromatic nitrogens is 2. The number of ketones is 1. The topological polar surface area (TPSA) is 63.8 Å². The number of carbonyl (C=O) groups is 1. The van der Waals surface area contributed by atoms with Crippen LogP contribution < -0.4 is 4.74 Å². The number of imidazole rings is 1. The summed E-state index contributed by atoms with van der Waals surface area (Å²) in [6.07, 6.45) is 6.23. The third-order valence-corrected chi connectivity index (χ3v) is 4.91. The number of ether oxygens (including phenoxy) is 1. The molecule has 0 aliphatic rings. The van der Waals surface area contributed by atoms with Gasteiger partial charge in [-0.05, 0) is 50.2 Å². The first-order valence-electron chi connectivity index (χ1n) is 10.1. The molecule has 0 aromatic carbocycles. The number of carbonyl (C=O) groups excluding carboxylic acids is 1. The molecule has 27 heavy (non-hydrogen) atoms. The van der Waals surface area contributed by atoms with Crippen molar-refractivity contribution in [3.05, 3.63) is 29.2 Å². The van der Waals surface area contributed by atoms with Gasteiger partial charge in [-0.1, -0.05) is 33.6 Å². The van der Waals surface area contributed by atoms with E-state index in [4.69, 9.17) is 4.74 Å². The van der Waals surface area contributed by atoms with Crippen LogP contribution in [0.25, 0.3) is 5.65 Å². The number of hydrogen-bond donors (Lipinski definition) is 1. The van der Waals surface area contributed by atoms with Crippen molar-refractivity contribution in [3.63, 3.8) is 0 Å². The van der Waals surface area contributed by atoms with Crippen LogP contribution in [-0.4, -0.2) is 33.5 Å². The Morgan fingerprint density at radius 3 is 2.67 bits per heavy atom. The summed E-state index contributed by atoms with van der Waals surface area (Å²) < 4.78 is 7.85. The molecule has 0 aliphatic heterocycles. The van der Waals surface area contributed by atoms with E-state index in [1.165, 1.54) is 0 Å². The fourth-order valence-corrected chi connectivity index (χ4v) is 3.31. The molecule has 1 N–H and O–H groups in total. The number of pyridine rings is 1. The van der Waals surface area contributed by atoms with E-state index in [0.717, 1.165) is 37.0 Å². The number of nitrogens with zero attached hydrogens (tertiary/aromatic N) is 2. The minimum atomic E-state index is 0.00831. The summed E-state index contributed by atoms with van der Waals surface area (Å²) in [7, 11) is 0. The molecule has 0 amide bonds. The molecule has 5 nitrogen and oxygen atoms in total. The Balaban J connectivity index is 2.30. The molecule has 2 heterocycles. The van der Waals surface area contributed by atoms with Gasteiger partial charge in [0.25, 0.3) is 0 Å². The summed E-state index contributed by atoms with van der Waals surface area (Å²) in [5, 5.41) is 9.62. The highest BCUT2D eigenvalue weighted by Gasteiger charge is 2.22. The molecular weight excluding hydrogens is 340 g/mol. The monoisotopic (exact) mass is 374 g/mol. The number of aliphatic hydroxyl groups excluding tert-OH is 1. The first-order chi connectivity index (χ1) is 12.9. The number of unbranched alkanes of at least 4 members (excludes halogenated alkanes) is 1. The van der Waals surface area contributed by atoms with Gasteiger partial charge in [-0.25, -0.2) is 4.98 Å². The summed E-state index contributed by atoms with van der Waals surface area (Å²) in [5.41, 5.74) is 3.04. The zero-order valence-electron chi connectivity index (χ0n) is 17.4. The molecule has 0 radical (unpaired) electrons. The van der Waals surface area contributed by atoms with Crippen LogP contribution in [0, 0.1) is 25.7 Å². The molecule has 0 bridgehead atoms. The predicted molar refractivity (Wildman–Crippen MR) is 109 cm³/mol. The normalized spacial score (nSPS) is 12.7.